The van der Waals surface area contributed by atoms with Crippen LogP contribution in [0.25, 0.3) is 0 Å². The highest BCUT2D eigenvalue weighted by Crippen LogP contribution is 2.33. The maximum Gasteiger partial charge on any atom is 0.148 e. The molecule has 1 aromatic rings. The minimum Gasteiger partial charge on any atom is -0.299 e. The Morgan fingerprint density at radius 3 is 2.20 bits per heavy atom. The van der Waals surface area contributed by atoms with Crippen molar-refractivity contribution in [3.05, 3.63) is 33.8 Å². The molecule has 1 aliphatic carbocycles. The Morgan fingerprint density at radius 1 is 1.07 bits per heavy atom. The molecule has 0 aliphatic heterocycles. The summed E-state index contributed by atoms with van der Waals surface area (Å²) in [6.07, 6.45) is 0.644. The van der Waals surface area contributed by atoms with Gasteiger partial charge in [0, 0.05) is 22.9 Å². The van der Waals surface area contributed by atoms with E-state index < -0.39 is 5.92 Å². The van der Waals surface area contributed by atoms with Crippen LogP contribution < -0.4 is 0 Å². The fourth-order valence-electron chi connectivity index (χ4n) is 1.80. The Labute approximate surface area is 97.2 Å². The normalized spacial score (nSPS) is 17.5. The van der Waals surface area contributed by atoms with Crippen molar-refractivity contribution in [1.82, 2.24) is 0 Å². The highest BCUT2D eigenvalue weighted by molar-refractivity contribution is 6.35. The number of halogens is 2. The van der Waals surface area contributed by atoms with Crippen molar-refractivity contribution in [2.75, 3.05) is 0 Å². The molecular weight excluding hydrogens is 235 g/mol. The lowest BCUT2D eigenvalue weighted by molar-refractivity contribution is -0.123. The molecule has 1 aliphatic rings. The SMILES string of the molecule is O=C1CCC(=O)C1c1ccc(Cl)cc1Cl. The van der Waals surface area contributed by atoms with Crippen LogP contribution in [0.4, 0.5) is 0 Å². The van der Waals surface area contributed by atoms with Gasteiger partial charge in [-0.25, -0.2) is 0 Å². The van der Waals surface area contributed by atoms with Gasteiger partial charge in [0.05, 0.1) is 0 Å². The summed E-state index contributed by atoms with van der Waals surface area (Å²) in [5, 5.41) is 0.887. The summed E-state index contributed by atoms with van der Waals surface area (Å²) in [6, 6.07) is 4.84. The molecule has 1 fully saturated rings. The van der Waals surface area contributed by atoms with Crippen molar-refractivity contribution in [2.45, 2.75) is 18.8 Å². The predicted molar refractivity (Wildman–Crippen MR) is 58.5 cm³/mol. The third-order valence-electron chi connectivity index (χ3n) is 2.54. The monoisotopic (exact) mass is 242 g/mol. The largest absolute Gasteiger partial charge is 0.299 e. The third-order valence-corrected chi connectivity index (χ3v) is 3.10. The zero-order valence-electron chi connectivity index (χ0n) is 7.80. The molecule has 0 heterocycles. The molecule has 0 N–H and O–H groups in total. The highest BCUT2D eigenvalue weighted by atomic mass is 35.5. The summed E-state index contributed by atoms with van der Waals surface area (Å²) in [6.45, 7) is 0. The van der Waals surface area contributed by atoms with Crippen LogP contribution in [0.2, 0.25) is 10.0 Å². The first-order valence-electron chi connectivity index (χ1n) is 4.60. The Balaban J connectivity index is 2.45. The van der Waals surface area contributed by atoms with Gasteiger partial charge in [0.2, 0.25) is 0 Å². The fourth-order valence-corrected chi connectivity index (χ4v) is 2.31. The van der Waals surface area contributed by atoms with Crippen molar-refractivity contribution in [1.29, 1.82) is 0 Å². The Bertz CT molecular complexity index is 424. The number of rotatable bonds is 1. The van der Waals surface area contributed by atoms with E-state index in [0.717, 1.165) is 0 Å². The van der Waals surface area contributed by atoms with Crippen LogP contribution >= 0.6 is 23.2 Å². The standard InChI is InChI=1S/C11H8Cl2O2/c12-6-1-2-7(8(13)5-6)11-9(14)3-4-10(11)15/h1-2,5,11H,3-4H2. The topological polar surface area (TPSA) is 34.1 Å². The zero-order chi connectivity index (χ0) is 11.0. The molecule has 78 valence electrons. The van der Waals surface area contributed by atoms with Gasteiger partial charge in [-0.3, -0.25) is 9.59 Å². The summed E-state index contributed by atoms with van der Waals surface area (Å²) in [5.74, 6) is -0.775. The third kappa shape index (κ3) is 1.92. The minimum atomic E-state index is -0.672. The molecule has 0 saturated heterocycles. The fraction of sp³-hybridized carbons (Fsp3) is 0.273. The molecule has 1 aromatic carbocycles. The highest BCUT2D eigenvalue weighted by Gasteiger charge is 2.35. The molecule has 0 bridgehead atoms. The number of carbonyl (C=O) groups is 2. The lowest BCUT2D eigenvalue weighted by Crippen LogP contribution is -2.12. The molecule has 1 saturated carbocycles. The van der Waals surface area contributed by atoms with Gasteiger partial charge in [0.15, 0.2) is 0 Å². The van der Waals surface area contributed by atoms with Gasteiger partial charge in [0.25, 0.3) is 0 Å². The van der Waals surface area contributed by atoms with Crippen LogP contribution in [0.3, 0.4) is 0 Å². The van der Waals surface area contributed by atoms with E-state index in [1.807, 2.05) is 0 Å². The number of hydrogen-bond donors (Lipinski definition) is 0. The van der Waals surface area contributed by atoms with Gasteiger partial charge in [-0.15, -0.1) is 0 Å². The second kappa shape index (κ2) is 3.95. The smallest absolute Gasteiger partial charge is 0.148 e. The van der Waals surface area contributed by atoms with Crippen molar-refractivity contribution in [3.63, 3.8) is 0 Å². The van der Waals surface area contributed by atoms with Crippen LogP contribution in [0.1, 0.15) is 24.3 Å². The summed E-state index contributed by atoms with van der Waals surface area (Å²) < 4.78 is 0. The first-order chi connectivity index (χ1) is 7.09. The summed E-state index contributed by atoms with van der Waals surface area (Å²) in [7, 11) is 0. The predicted octanol–water partition coefficient (Wildman–Crippen LogP) is 3.01. The van der Waals surface area contributed by atoms with Crippen LogP contribution in [0, 0.1) is 0 Å². The van der Waals surface area contributed by atoms with Crippen molar-refractivity contribution < 1.29 is 9.59 Å². The average Bonchev–Trinajstić information content (AvgIpc) is 2.48. The zero-order valence-corrected chi connectivity index (χ0v) is 9.31. The molecule has 4 heteroatoms. The average molecular weight is 243 g/mol. The lowest BCUT2D eigenvalue weighted by Gasteiger charge is -2.09. The van der Waals surface area contributed by atoms with Gasteiger partial charge < -0.3 is 0 Å². The van der Waals surface area contributed by atoms with Crippen molar-refractivity contribution in [2.24, 2.45) is 0 Å². The van der Waals surface area contributed by atoms with Crippen LogP contribution in [-0.2, 0) is 9.59 Å². The second-order valence-electron chi connectivity index (χ2n) is 3.53. The van der Waals surface area contributed by atoms with Crippen LogP contribution in [0.15, 0.2) is 18.2 Å². The first-order valence-corrected chi connectivity index (χ1v) is 5.35. The Hall–Kier alpha value is -0.860. The second-order valence-corrected chi connectivity index (χ2v) is 4.38. The van der Waals surface area contributed by atoms with Crippen LogP contribution in [-0.4, -0.2) is 11.6 Å². The van der Waals surface area contributed by atoms with E-state index in [-0.39, 0.29) is 11.6 Å². The van der Waals surface area contributed by atoms with E-state index in [1.54, 1.807) is 18.2 Å². The molecule has 15 heavy (non-hydrogen) atoms. The quantitative estimate of drug-likeness (QED) is 0.710. The van der Waals surface area contributed by atoms with Gasteiger partial charge in [-0.2, -0.15) is 0 Å². The van der Waals surface area contributed by atoms with Gasteiger partial charge in [0.1, 0.15) is 17.5 Å². The number of benzene rings is 1. The van der Waals surface area contributed by atoms with Crippen molar-refractivity contribution >= 4 is 34.8 Å². The summed E-state index contributed by atoms with van der Waals surface area (Å²) in [4.78, 5) is 23.0. The molecule has 0 radical (unpaired) electrons. The molecule has 2 rings (SSSR count). The Kier molecular flexibility index (Phi) is 2.81. The van der Waals surface area contributed by atoms with E-state index in [9.17, 15) is 9.59 Å². The van der Waals surface area contributed by atoms with Crippen molar-refractivity contribution in [3.8, 4) is 0 Å². The van der Waals surface area contributed by atoms with Gasteiger partial charge >= 0.3 is 0 Å². The van der Waals surface area contributed by atoms with E-state index in [1.165, 1.54) is 0 Å². The molecule has 0 amide bonds. The van der Waals surface area contributed by atoms with E-state index in [2.05, 4.69) is 0 Å². The van der Waals surface area contributed by atoms with E-state index in [4.69, 9.17) is 23.2 Å². The lowest BCUT2D eigenvalue weighted by atomic mass is 9.96. The molecule has 0 unspecified atom stereocenters. The maximum atomic E-state index is 11.5. The summed E-state index contributed by atoms with van der Waals surface area (Å²) >= 11 is 11.7. The Morgan fingerprint density at radius 2 is 1.67 bits per heavy atom. The van der Waals surface area contributed by atoms with E-state index >= 15 is 0 Å². The number of Topliss-reactive ketones (excluding diaryl/α,β-unsaturated/α-hetero) is 2. The van der Waals surface area contributed by atoms with Gasteiger partial charge in [-0.1, -0.05) is 29.3 Å². The van der Waals surface area contributed by atoms with E-state index in [0.29, 0.717) is 28.5 Å². The first kappa shape index (κ1) is 10.7. The summed E-state index contributed by atoms with van der Waals surface area (Å²) in [5.41, 5.74) is 0.577. The van der Waals surface area contributed by atoms with Gasteiger partial charge in [-0.05, 0) is 17.7 Å². The number of ketones is 2. The molecule has 0 spiro atoms. The molecule has 0 atom stereocenters. The number of hydrogen-bond acceptors (Lipinski definition) is 2. The number of carbonyl (C=O) groups excluding carboxylic acids is 2. The minimum absolute atomic E-state index is 0.0516. The molecule has 0 aromatic heterocycles. The molecular formula is C11H8Cl2O2. The van der Waals surface area contributed by atoms with Crippen LogP contribution in [0.5, 0.6) is 0 Å². The molecule has 2 nitrogen and oxygen atoms in total. The maximum absolute atomic E-state index is 11.5.